The van der Waals surface area contributed by atoms with E-state index in [1.807, 2.05) is 32.0 Å². The van der Waals surface area contributed by atoms with Crippen LogP contribution >= 0.6 is 11.6 Å². The standard InChI is InChI=1S/C21H23ClN4O3S/c1-15(2)25(3)30(28,29)18-11-9-16(10-12-18)13-23-19-14-24-26(21(27)20(19)22)17-7-5-4-6-8-17/h4-12,14-15,23H,13H2,1-3H3. The summed E-state index contributed by atoms with van der Waals surface area (Å²) in [7, 11) is -1.97. The summed E-state index contributed by atoms with van der Waals surface area (Å²) in [5.74, 6) is 0. The normalized spacial score (nSPS) is 11.8. The molecule has 0 atom stereocenters. The molecule has 9 heteroatoms. The number of para-hydroxylation sites is 1. The Morgan fingerprint density at radius 2 is 1.73 bits per heavy atom. The van der Waals surface area contributed by atoms with Crippen LogP contribution in [0.4, 0.5) is 5.69 Å². The molecule has 7 nitrogen and oxygen atoms in total. The molecule has 0 spiro atoms. The second kappa shape index (κ2) is 8.99. The minimum absolute atomic E-state index is 0.0339. The van der Waals surface area contributed by atoms with Crippen molar-refractivity contribution in [1.29, 1.82) is 0 Å². The molecule has 1 aromatic heterocycles. The Morgan fingerprint density at radius 3 is 2.33 bits per heavy atom. The zero-order valence-corrected chi connectivity index (χ0v) is 18.5. The van der Waals surface area contributed by atoms with Gasteiger partial charge in [-0.1, -0.05) is 41.9 Å². The van der Waals surface area contributed by atoms with E-state index in [-0.39, 0.29) is 16.0 Å². The molecule has 3 rings (SSSR count). The lowest BCUT2D eigenvalue weighted by Crippen LogP contribution is -2.33. The van der Waals surface area contributed by atoms with Crippen molar-refractivity contribution >= 4 is 27.3 Å². The van der Waals surface area contributed by atoms with Crippen molar-refractivity contribution in [3.63, 3.8) is 0 Å². The monoisotopic (exact) mass is 446 g/mol. The van der Waals surface area contributed by atoms with Gasteiger partial charge < -0.3 is 5.32 Å². The third-order valence-electron chi connectivity index (χ3n) is 4.73. The summed E-state index contributed by atoms with van der Waals surface area (Å²) in [6.45, 7) is 4.00. The maximum absolute atomic E-state index is 12.5. The van der Waals surface area contributed by atoms with E-state index < -0.39 is 15.6 Å². The first-order valence-electron chi connectivity index (χ1n) is 9.36. The van der Waals surface area contributed by atoms with E-state index in [1.54, 1.807) is 43.4 Å². The van der Waals surface area contributed by atoms with E-state index in [0.717, 1.165) is 5.56 Å². The summed E-state index contributed by atoms with van der Waals surface area (Å²) >= 11 is 6.24. The van der Waals surface area contributed by atoms with Crippen LogP contribution in [0.3, 0.4) is 0 Å². The number of sulfonamides is 1. The highest BCUT2D eigenvalue weighted by Crippen LogP contribution is 2.20. The van der Waals surface area contributed by atoms with Crippen LogP contribution in [-0.4, -0.2) is 35.6 Å². The lowest BCUT2D eigenvalue weighted by atomic mass is 10.2. The summed E-state index contributed by atoms with van der Waals surface area (Å²) < 4.78 is 27.6. The third-order valence-corrected chi connectivity index (χ3v) is 7.14. The fourth-order valence-corrected chi connectivity index (χ4v) is 4.29. The molecule has 30 heavy (non-hydrogen) atoms. The molecule has 1 N–H and O–H groups in total. The maximum Gasteiger partial charge on any atom is 0.292 e. The molecule has 0 unspecified atom stereocenters. The number of benzene rings is 2. The summed E-state index contributed by atoms with van der Waals surface area (Å²) in [4.78, 5) is 12.8. The van der Waals surface area contributed by atoms with Gasteiger partial charge in [0.25, 0.3) is 5.56 Å². The largest absolute Gasteiger partial charge is 0.378 e. The van der Waals surface area contributed by atoms with Crippen LogP contribution in [0.2, 0.25) is 5.02 Å². The molecular weight excluding hydrogens is 424 g/mol. The maximum atomic E-state index is 12.5. The van der Waals surface area contributed by atoms with Gasteiger partial charge in [0.1, 0.15) is 5.02 Å². The van der Waals surface area contributed by atoms with Crippen LogP contribution in [-0.2, 0) is 16.6 Å². The highest BCUT2D eigenvalue weighted by Gasteiger charge is 2.22. The molecule has 0 saturated carbocycles. The minimum atomic E-state index is -3.53. The van der Waals surface area contributed by atoms with Crippen molar-refractivity contribution in [2.75, 3.05) is 12.4 Å². The third kappa shape index (κ3) is 4.56. The zero-order chi connectivity index (χ0) is 21.9. The molecule has 0 aliphatic heterocycles. The van der Waals surface area contributed by atoms with Gasteiger partial charge in [0.2, 0.25) is 10.0 Å². The molecule has 0 aliphatic carbocycles. The van der Waals surface area contributed by atoms with Crippen LogP contribution in [0.1, 0.15) is 19.4 Å². The minimum Gasteiger partial charge on any atom is -0.378 e. The smallest absolute Gasteiger partial charge is 0.292 e. The average Bonchev–Trinajstić information content (AvgIpc) is 2.75. The lowest BCUT2D eigenvalue weighted by Gasteiger charge is -2.21. The number of halogens is 1. The fourth-order valence-electron chi connectivity index (χ4n) is 2.73. The average molecular weight is 447 g/mol. The topological polar surface area (TPSA) is 84.3 Å². The number of hydrogen-bond acceptors (Lipinski definition) is 5. The Hall–Kier alpha value is -2.68. The van der Waals surface area contributed by atoms with Gasteiger partial charge in [-0.05, 0) is 43.7 Å². The predicted molar refractivity (Wildman–Crippen MR) is 119 cm³/mol. The molecule has 0 bridgehead atoms. The number of nitrogens with zero attached hydrogens (tertiary/aromatic N) is 3. The Bertz CT molecular complexity index is 1180. The van der Waals surface area contributed by atoms with Crippen LogP contribution in [0.5, 0.6) is 0 Å². The second-order valence-electron chi connectivity index (χ2n) is 7.04. The van der Waals surface area contributed by atoms with Crippen molar-refractivity contribution in [1.82, 2.24) is 14.1 Å². The van der Waals surface area contributed by atoms with E-state index in [1.165, 1.54) is 15.2 Å². The van der Waals surface area contributed by atoms with Gasteiger partial charge in [0, 0.05) is 19.6 Å². The SMILES string of the molecule is CC(C)N(C)S(=O)(=O)c1ccc(CNc2cnn(-c3ccccc3)c(=O)c2Cl)cc1. The number of hydrogen-bond donors (Lipinski definition) is 1. The Kier molecular flexibility index (Phi) is 6.60. The van der Waals surface area contributed by atoms with Crippen molar-refractivity contribution in [3.8, 4) is 5.69 Å². The van der Waals surface area contributed by atoms with Gasteiger partial charge in [-0.3, -0.25) is 4.79 Å². The van der Waals surface area contributed by atoms with Crippen LogP contribution in [0, 0.1) is 0 Å². The van der Waals surface area contributed by atoms with E-state index >= 15 is 0 Å². The molecule has 0 aliphatic rings. The summed E-state index contributed by atoms with van der Waals surface area (Å²) in [6, 6.07) is 15.5. The number of aromatic nitrogens is 2. The van der Waals surface area contributed by atoms with Crippen LogP contribution in [0.15, 0.2) is 70.5 Å². The van der Waals surface area contributed by atoms with Crippen molar-refractivity contribution in [2.24, 2.45) is 0 Å². The van der Waals surface area contributed by atoms with E-state index in [9.17, 15) is 13.2 Å². The van der Waals surface area contributed by atoms with Crippen molar-refractivity contribution < 1.29 is 8.42 Å². The fraction of sp³-hybridized carbons (Fsp3) is 0.238. The number of nitrogens with one attached hydrogen (secondary N) is 1. The Morgan fingerprint density at radius 1 is 1.10 bits per heavy atom. The number of anilines is 1. The molecule has 0 fully saturated rings. The van der Waals surface area contributed by atoms with E-state index in [4.69, 9.17) is 11.6 Å². The highest BCUT2D eigenvalue weighted by molar-refractivity contribution is 7.89. The van der Waals surface area contributed by atoms with Crippen molar-refractivity contribution in [3.05, 3.63) is 81.7 Å². The van der Waals surface area contributed by atoms with Crippen LogP contribution in [0.25, 0.3) is 5.69 Å². The Labute approximate surface area is 181 Å². The lowest BCUT2D eigenvalue weighted by molar-refractivity contribution is 0.410. The molecule has 0 radical (unpaired) electrons. The van der Waals surface area contributed by atoms with Gasteiger partial charge in [-0.15, -0.1) is 0 Å². The molecular formula is C21H23ClN4O3S. The van der Waals surface area contributed by atoms with Gasteiger partial charge in [0.15, 0.2) is 0 Å². The Balaban J connectivity index is 1.75. The summed E-state index contributed by atoms with van der Waals surface area (Å²) in [5, 5.41) is 7.29. The molecule has 158 valence electrons. The first-order chi connectivity index (χ1) is 14.2. The van der Waals surface area contributed by atoms with Gasteiger partial charge in [-0.2, -0.15) is 14.1 Å². The zero-order valence-electron chi connectivity index (χ0n) is 16.9. The summed E-state index contributed by atoms with van der Waals surface area (Å²) in [6.07, 6.45) is 1.49. The van der Waals surface area contributed by atoms with Crippen LogP contribution < -0.4 is 10.9 Å². The quantitative estimate of drug-likeness (QED) is 0.600. The first kappa shape index (κ1) is 22.0. The predicted octanol–water partition coefficient (Wildman–Crippen LogP) is 3.53. The van der Waals surface area contributed by atoms with Gasteiger partial charge in [0.05, 0.1) is 22.5 Å². The van der Waals surface area contributed by atoms with Crippen molar-refractivity contribution in [2.45, 2.75) is 31.3 Å². The molecule has 0 saturated heterocycles. The molecule has 2 aromatic carbocycles. The van der Waals surface area contributed by atoms with Gasteiger partial charge in [-0.25, -0.2) is 8.42 Å². The second-order valence-corrected chi connectivity index (χ2v) is 9.41. The molecule has 0 amide bonds. The highest BCUT2D eigenvalue weighted by atomic mass is 35.5. The van der Waals surface area contributed by atoms with Gasteiger partial charge >= 0.3 is 0 Å². The molecule has 3 aromatic rings. The van der Waals surface area contributed by atoms with E-state index in [0.29, 0.717) is 17.9 Å². The molecule has 1 heterocycles. The number of rotatable bonds is 7. The van der Waals surface area contributed by atoms with E-state index in [2.05, 4.69) is 10.4 Å². The first-order valence-corrected chi connectivity index (χ1v) is 11.2. The summed E-state index contributed by atoms with van der Waals surface area (Å²) in [5.41, 5.74) is 1.44.